The summed E-state index contributed by atoms with van der Waals surface area (Å²) in [6.07, 6.45) is 1.17. The minimum absolute atomic E-state index is 0.00557. The predicted octanol–water partition coefficient (Wildman–Crippen LogP) is 4.41. The van der Waals surface area contributed by atoms with Crippen LogP contribution in [-0.2, 0) is 9.53 Å². The van der Waals surface area contributed by atoms with Crippen molar-refractivity contribution in [2.75, 3.05) is 18.1 Å². The number of anilines is 1. The molecule has 0 saturated carbocycles. The minimum atomic E-state index is -0.737. The van der Waals surface area contributed by atoms with Crippen LogP contribution in [0.3, 0.4) is 0 Å². The molecule has 3 aromatic rings. The van der Waals surface area contributed by atoms with Crippen molar-refractivity contribution in [3.63, 3.8) is 0 Å². The first-order valence-corrected chi connectivity index (χ1v) is 10.1. The SMILES string of the molecule is CC(Oc1ccc(F)cc1)C(=O)N(CC1CCCO1)c1nc2ccccc2s1. The number of benzene rings is 2. The summed E-state index contributed by atoms with van der Waals surface area (Å²) >= 11 is 1.48. The van der Waals surface area contributed by atoms with Gasteiger partial charge in [-0.2, -0.15) is 0 Å². The van der Waals surface area contributed by atoms with E-state index < -0.39 is 6.10 Å². The van der Waals surface area contributed by atoms with Gasteiger partial charge in [-0.05, 0) is 56.2 Å². The number of thiazole rings is 1. The second kappa shape index (κ2) is 8.24. The van der Waals surface area contributed by atoms with Gasteiger partial charge in [-0.15, -0.1) is 0 Å². The molecule has 0 spiro atoms. The zero-order valence-corrected chi connectivity index (χ0v) is 16.3. The number of carbonyl (C=O) groups is 1. The maximum Gasteiger partial charge on any atom is 0.269 e. The number of nitrogens with zero attached hydrogens (tertiary/aromatic N) is 2. The number of aromatic nitrogens is 1. The summed E-state index contributed by atoms with van der Waals surface area (Å²) in [7, 11) is 0. The molecule has 28 heavy (non-hydrogen) atoms. The molecule has 146 valence electrons. The van der Waals surface area contributed by atoms with Gasteiger partial charge in [0.2, 0.25) is 0 Å². The lowest BCUT2D eigenvalue weighted by atomic mass is 10.2. The molecule has 1 amide bonds. The quantitative estimate of drug-likeness (QED) is 0.615. The molecule has 0 aliphatic carbocycles. The second-order valence-electron chi connectivity index (χ2n) is 6.76. The number of fused-ring (bicyclic) bond motifs is 1. The zero-order chi connectivity index (χ0) is 19.5. The number of para-hydroxylation sites is 1. The number of amides is 1. The molecule has 1 fully saturated rings. The van der Waals surface area contributed by atoms with Gasteiger partial charge in [0.15, 0.2) is 11.2 Å². The van der Waals surface area contributed by atoms with E-state index in [9.17, 15) is 9.18 Å². The van der Waals surface area contributed by atoms with E-state index in [-0.39, 0.29) is 17.8 Å². The molecular formula is C21H21FN2O3S. The van der Waals surface area contributed by atoms with Gasteiger partial charge >= 0.3 is 0 Å². The fourth-order valence-electron chi connectivity index (χ4n) is 3.22. The van der Waals surface area contributed by atoms with E-state index in [0.717, 1.165) is 23.1 Å². The van der Waals surface area contributed by atoms with Crippen LogP contribution >= 0.6 is 11.3 Å². The average Bonchev–Trinajstić information content (AvgIpc) is 3.36. The van der Waals surface area contributed by atoms with Crippen molar-refractivity contribution in [1.29, 1.82) is 0 Å². The molecule has 2 unspecified atom stereocenters. The summed E-state index contributed by atoms with van der Waals surface area (Å²) in [5, 5.41) is 0.635. The molecule has 0 N–H and O–H groups in total. The third-order valence-electron chi connectivity index (χ3n) is 4.66. The van der Waals surface area contributed by atoms with Crippen molar-refractivity contribution >= 4 is 32.6 Å². The monoisotopic (exact) mass is 400 g/mol. The Bertz CT molecular complexity index is 921. The maximum absolute atomic E-state index is 13.2. The lowest BCUT2D eigenvalue weighted by Gasteiger charge is -2.26. The van der Waals surface area contributed by atoms with E-state index in [1.54, 1.807) is 11.8 Å². The van der Waals surface area contributed by atoms with Crippen LogP contribution in [-0.4, -0.2) is 36.3 Å². The molecule has 7 heteroatoms. The molecule has 5 nitrogen and oxygen atoms in total. The van der Waals surface area contributed by atoms with E-state index in [0.29, 0.717) is 24.0 Å². The van der Waals surface area contributed by atoms with Crippen LogP contribution in [0.5, 0.6) is 5.75 Å². The van der Waals surface area contributed by atoms with Gasteiger partial charge in [-0.25, -0.2) is 9.37 Å². The molecule has 4 rings (SSSR count). The van der Waals surface area contributed by atoms with Gasteiger partial charge in [0.05, 0.1) is 22.9 Å². The summed E-state index contributed by atoms with van der Waals surface area (Å²) in [6, 6.07) is 13.5. The highest BCUT2D eigenvalue weighted by molar-refractivity contribution is 7.22. The fraction of sp³-hybridized carbons (Fsp3) is 0.333. The summed E-state index contributed by atoms with van der Waals surface area (Å²) in [5.74, 6) is -0.0942. The first kappa shape index (κ1) is 18.8. The van der Waals surface area contributed by atoms with Gasteiger partial charge in [0, 0.05) is 6.61 Å². The number of hydrogen-bond donors (Lipinski definition) is 0. The number of carbonyl (C=O) groups excluding carboxylic acids is 1. The van der Waals surface area contributed by atoms with E-state index in [4.69, 9.17) is 9.47 Å². The van der Waals surface area contributed by atoms with Crippen molar-refractivity contribution in [3.8, 4) is 5.75 Å². The summed E-state index contributed by atoms with van der Waals surface area (Å²) in [5.41, 5.74) is 0.861. The first-order valence-electron chi connectivity index (χ1n) is 9.31. The second-order valence-corrected chi connectivity index (χ2v) is 7.77. The van der Waals surface area contributed by atoms with Gasteiger partial charge in [0.25, 0.3) is 5.91 Å². The standard InChI is InChI=1S/C21H21FN2O3S/c1-14(27-16-10-8-15(22)9-11-16)20(25)24(13-17-5-4-12-26-17)21-23-18-6-2-3-7-19(18)28-21/h2-3,6-11,14,17H,4-5,12-13H2,1H3. The van der Waals surface area contributed by atoms with Gasteiger partial charge in [-0.3, -0.25) is 9.69 Å². The van der Waals surface area contributed by atoms with Gasteiger partial charge in [-0.1, -0.05) is 23.5 Å². The number of hydrogen-bond acceptors (Lipinski definition) is 5. The predicted molar refractivity (Wildman–Crippen MR) is 107 cm³/mol. The van der Waals surface area contributed by atoms with Crippen molar-refractivity contribution in [2.45, 2.75) is 32.0 Å². The highest BCUT2D eigenvalue weighted by atomic mass is 32.1. The smallest absolute Gasteiger partial charge is 0.269 e. The highest BCUT2D eigenvalue weighted by Crippen LogP contribution is 2.30. The van der Waals surface area contributed by atoms with Crippen LogP contribution in [0.2, 0.25) is 0 Å². The molecule has 1 aromatic heterocycles. The summed E-state index contributed by atoms with van der Waals surface area (Å²) in [4.78, 5) is 19.5. The van der Waals surface area contributed by atoms with E-state index in [1.165, 1.54) is 35.6 Å². The Kier molecular flexibility index (Phi) is 5.54. The first-order chi connectivity index (χ1) is 13.6. The van der Waals surface area contributed by atoms with Crippen LogP contribution < -0.4 is 9.64 Å². The normalized spacial score (nSPS) is 17.6. The molecular weight excluding hydrogens is 379 g/mol. The van der Waals surface area contributed by atoms with Crippen molar-refractivity contribution in [3.05, 3.63) is 54.3 Å². The largest absolute Gasteiger partial charge is 0.481 e. The van der Waals surface area contributed by atoms with E-state index >= 15 is 0 Å². The maximum atomic E-state index is 13.2. The molecule has 1 aliphatic heterocycles. The topological polar surface area (TPSA) is 51.7 Å². The van der Waals surface area contributed by atoms with Crippen LogP contribution in [0.1, 0.15) is 19.8 Å². The van der Waals surface area contributed by atoms with E-state index in [1.807, 2.05) is 24.3 Å². The van der Waals surface area contributed by atoms with E-state index in [2.05, 4.69) is 4.98 Å². The Balaban J connectivity index is 1.57. The Morgan fingerprint density at radius 2 is 2.11 bits per heavy atom. The number of rotatable bonds is 6. The Hall–Kier alpha value is -2.51. The van der Waals surface area contributed by atoms with Crippen LogP contribution in [0.4, 0.5) is 9.52 Å². The highest BCUT2D eigenvalue weighted by Gasteiger charge is 2.30. The molecule has 0 bridgehead atoms. The van der Waals surface area contributed by atoms with Crippen LogP contribution in [0, 0.1) is 5.82 Å². The Morgan fingerprint density at radius 3 is 2.82 bits per heavy atom. The van der Waals surface area contributed by atoms with Crippen LogP contribution in [0.15, 0.2) is 48.5 Å². The van der Waals surface area contributed by atoms with Crippen LogP contribution in [0.25, 0.3) is 10.2 Å². The molecule has 2 aromatic carbocycles. The molecule has 1 saturated heterocycles. The van der Waals surface area contributed by atoms with Gasteiger partial charge < -0.3 is 9.47 Å². The summed E-state index contributed by atoms with van der Waals surface area (Å²) in [6.45, 7) is 2.85. The van der Waals surface area contributed by atoms with Gasteiger partial charge in [0.1, 0.15) is 11.6 Å². The van der Waals surface area contributed by atoms with Crippen molar-refractivity contribution < 1.29 is 18.7 Å². The lowest BCUT2D eigenvalue weighted by Crippen LogP contribution is -2.44. The molecule has 0 radical (unpaired) electrons. The third-order valence-corrected chi connectivity index (χ3v) is 5.72. The Labute approximate surface area is 166 Å². The lowest BCUT2D eigenvalue weighted by molar-refractivity contribution is -0.125. The molecule has 2 heterocycles. The van der Waals surface area contributed by atoms with Crippen molar-refractivity contribution in [2.24, 2.45) is 0 Å². The van der Waals surface area contributed by atoms with Crippen molar-refractivity contribution in [1.82, 2.24) is 4.98 Å². The number of ether oxygens (including phenoxy) is 2. The minimum Gasteiger partial charge on any atom is -0.481 e. The molecule has 2 atom stereocenters. The molecule has 1 aliphatic rings. The average molecular weight is 400 g/mol. The summed E-state index contributed by atoms with van der Waals surface area (Å²) < 4.78 is 25.6. The Morgan fingerprint density at radius 1 is 1.32 bits per heavy atom. The number of halogens is 1. The zero-order valence-electron chi connectivity index (χ0n) is 15.5. The third kappa shape index (κ3) is 4.15. The fourth-order valence-corrected chi connectivity index (χ4v) is 4.20.